The van der Waals surface area contributed by atoms with Gasteiger partial charge in [0.1, 0.15) is 30.5 Å². The van der Waals surface area contributed by atoms with Crippen molar-refractivity contribution in [2.75, 3.05) is 24.7 Å². The van der Waals surface area contributed by atoms with Gasteiger partial charge in [-0.1, -0.05) is 23.9 Å². The maximum Gasteiger partial charge on any atom is 0.230 e. The number of carbonyl (C=O) groups is 1. The Morgan fingerprint density at radius 1 is 1.17 bits per heavy atom. The number of halogens is 1. The van der Waals surface area contributed by atoms with Crippen LogP contribution in [-0.4, -0.2) is 39.7 Å². The van der Waals surface area contributed by atoms with Crippen LogP contribution in [0.3, 0.4) is 0 Å². The van der Waals surface area contributed by atoms with E-state index in [1.54, 1.807) is 0 Å². The van der Waals surface area contributed by atoms with Gasteiger partial charge in [0, 0.05) is 0 Å². The molecule has 2 aromatic carbocycles. The molecule has 0 saturated heterocycles. The van der Waals surface area contributed by atoms with Crippen LogP contribution in [0, 0.1) is 12.7 Å². The van der Waals surface area contributed by atoms with E-state index in [2.05, 4.69) is 15.5 Å². The van der Waals surface area contributed by atoms with Crippen LogP contribution in [0.1, 0.15) is 11.4 Å². The topological polar surface area (TPSA) is 104 Å². The normalized spacial score (nSPS) is 10.6. The minimum atomic E-state index is -0.344. The van der Waals surface area contributed by atoms with Crippen molar-refractivity contribution < 1.29 is 18.7 Å². The third kappa shape index (κ3) is 6.38. The number of amides is 1. The molecule has 0 bridgehead atoms. The van der Waals surface area contributed by atoms with Crippen LogP contribution < -0.4 is 20.6 Å². The molecule has 1 heterocycles. The van der Waals surface area contributed by atoms with Crippen molar-refractivity contribution in [1.82, 2.24) is 20.2 Å². The second-order valence-corrected chi connectivity index (χ2v) is 7.26. The first-order valence-corrected chi connectivity index (χ1v) is 10.2. The standard InChI is InChI=1S/C20H22FN5O3S/c1-14-3-2-4-17(11-14)28-10-9-23-19(27)13-30-20-25-24-18(26(20)22)12-29-16-7-5-15(21)6-8-16/h2-8,11H,9-10,12-13,22H2,1H3,(H,23,27). The van der Waals surface area contributed by atoms with Crippen molar-refractivity contribution in [3.05, 3.63) is 65.7 Å². The summed E-state index contributed by atoms with van der Waals surface area (Å²) in [5, 5.41) is 11.1. The molecule has 0 fully saturated rings. The molecule has 3 rings (SSSR count). The molecule has 158 valence electrons. The number of nitrogens with zero attached hydrogens (tertiary/aromatic N) is 3. The highest BCUT2D eigenvalue weighted by atomic mass is 32.2. The zero-order valence-electron chi connectivity index (χ0n) is 16.4. The fraction of sp³-hybridized carbons (Fsp3) is 0.250. The molecule has 3 aromatic rings. The molecule has 30 heavy (non-hydrogen) atoms. The largest absolute Gasteiger partial charge is 0.492 e. The number of nitrogens with two attached hydrogens (primary N) is 1. The molecular weight excluding hydrogens is 409 g/mol. The first kappa shape index (κ1) is 21.4. The first-order valence-electron chi connectivity index (χ1n) is 9.18. The number of aryl methyl sites for hydroxylation is 1. The van der Waals surface area contributed by atoms with Crippen molar-refractivity contribution in [1.29, 1.82) is 0 Å². The zero-order chi connectivity index (χ0) is 21.3. The average Bonchev–Trinajstić information content (AvgIpc) is 3.09. The molecule has 1 amide bonds. The molecule has 0 unspecified atom stereocenters. The van der Waals surface area contributed by atoms with E-state index in [0.29, 0.717) is 29.9 Å². The Kier molecular flexibility index (Phi) is 7.50. The highest BCUT2D eigenvalue weighted by Gasteiger charge is 2.13. The lowest BCUT2D eigenvalue weighted by Gasteiger charge is -2.08. The Bertz CT molecular complexity index is 981. The molecule has 0 radical (unpaired) electrons. The monoisotopic (exact) mass is 431 g/mol. The van der Waals surface area contributed by atoms with Gasteiger partial charge < -0.3 is 20.6 Å². The summed E-state index contributed by atoms with van der Waals surface area (Å²) in [5.41, 5.74) is 1.11. The van der Waals surface area contributed by atoms with E-state index in [1.807, 2.05) is 31.2 Å². The summed E-state index contributed by atoms with van der Waals surface area (Å²) in [6.45, 7) is 2.82. The van der Waals surface area contributed by atoms with Crippen LogP contribution in [0.15, 0.2) is 53.7 Å². The molecule has 0 aliphatic rings. The quantitative estimate of drug-likeness (QED) is 0.288. The molecule has 0 atom stereocenters. The Labute approximate surface area is 177 Å². The number of carbonyl (C=O) groups excluding carboxylic acids is 1. The maximum absolute atomic E-state index is 12.9. The van der Waals surface area contributed by atoms with Crippen molar-refractivity contribution in [2.45, 2.75) is 18.7 Å². The molecule has 0 aliphatic heterocycles. The maximum atomic E-state index is 12.9. The van der Waals surface area contributed by atoms with E-state index in [-0.39, 0.29) is 24.1 Å². The van der Waals surface area contributed by atoms with Crippen LogP contribution in [-0.2, 0) is 11.4 Å². The summed E-state index contributed by atoms with van der Waals surface area (Å²) in [5.74, 6) is 7.22. The van der Waals surface area contributed by atoms with Gasteiger partial charge in [0.15, 0.2) is 5.82 Å². The van der Waals surface area contributed by atoms with Gasteiger partial charge in [-0.2, -0.15) is 0 Å². The second kappa shape index (κ2) is 10.5. The molecule has 8 nitrogen and oxygen atoms in total. The number of benzene rings is 2. The van der Waals surface area contributed by atoms with E-state index in [0.717, 1.165) is 23.1 Å². The van der Waals surface area contributed by atoms with E-state index >= 15 is 0 Å². The van der Waals surface area contributed by atoms with Crippen molar-refractivity contribution in [2.24, 2.45) is 0 Å². The lowest BCUT2D eigenvalue weighted by molar-refractivity contribution is -0.118. The van der Waals surface area contributed by atoms with E-state index in [1.165, 1.54) is 28.9 Å². The van der Waals surface area contributed by atoms with Gasteiger partial charge in [0.25, 0.3) is 0 Å². The number of ether oxygens (including phenoxy) is 2. The Hall–Kier alpha value is -3.27. The third-order valence-corrected chi connectivity index (χ3v) is 4.87. The number of nitrogen functional groups attached to an aromatic ring is 1. The smallest absolute Gasteiger partial charge is 0.230 e. The molecule has 0 spiro atoms. The van der Waals surface area contributed by atoms with Crippen LogP contribution >= 0.6 is 11.8 Å². The molecule has 3 N–H and O–H groups in total. The fourth-order valence-electron chi connectivity index (χ4n) is 2.43. The van der Waals surface area contributed by atoms with Crippen molar-refractivity contribution in [3.8, 4) is 11.5 Å². The molecule has 0 saturated carbocycles. The number of aromatic nitrogens is 3. The number of thioether (sulfide) groups is 1. The van der Waals surface area contributed by atoms with Crippen molar-refractivity contribution >= 4 is 17.7 Å². The summed E-state index contributed by atoms with van der Waals surface area (Å²) in [6.07, 6.45) is 0. The predicted octanol–water partition coefficient (Wildman–Crippen LogP) is 2.31. The molecule has 10 heteroatoms. The summed E-state index contributed by atoms with van der Waals surface area (Å²) < 4.78 is 25.3. The Morgan fingerprint density at radius 2 is 1.97 bits per heavy atom. The van der Waals surface area contributed by atoms with E-state index in [9.17, 15) is 9.18 Å². The van der Waals surface area contributed by atoms with E-state index < -0.39 is 0 Å². The van der Waals surface area contributed by atoms with Crippen molar-refractivity contribution in [3.63, 3.8) is 0 Å². The summed E-state index contributed by atoms with van der Waals surface area (Å²) >= 11 is 1.16. The van der Waals surface area contributed by atoms with Gasteiger partial charge in [-0.05, 0) is 48.9 Å². The lowest BCUT2D eigenvalue weighted by atomic mass is 10.2. The third-order valence-electron chi connectivity index (χ3n) is 3.93. The van der Waals surface area contributed by atoms with Gasteiger partial charge in [-0.3, -0.25) is 4.79 Å². The second-order valence-electron chi connectivity index (χ2n) is 6.31. The number of rotatable bonds is 10. The lowest BCUT2D eigenvalue weighted by Crippen LogP contribution is -2.29. The Balaban J connectivity index is 1.37. The molecule has 1 aromatic heterocycles. The Morgan fingerprint density at radius 3 is 2.73 bits per heavy atom. The van der Waals surface area contributed by atoms with Gasteiger partial charge in [0.05, 0.1) is 12.3 Å². The van der Waals surface area contributed by atoms with E-state index in [4.69, 9.17) is 15.3 Å². The number of hydrogen-bond donors (Lipinski definition) is 2. The van der Waals surface area contributed by atoms with Gasteiger partial charge in [0.2, 0.25) is 11.1 Å². The summed E-state index contributed by atoms with van der Waals surface area (Å²) in [4.78, 5) is 12.0. The molecular formula is C20H22FN5O3S. The zero-order valence-corrected chi connectivity index (χ0v) is 17.2. The minimum absolute atomic E-state index is 0.0676. The highest BCUT2D eigenvalue weighted by molar-refractivity contribution is 7.99. The van der Waals surface area contributed by atoms with Gasteiger partial charge >= 0.3 is 0 Å². The SMILES string of the molecule is Cc1cccc(OCCNC(=O)CSc2nnc(COc3ccc(F)cc3)n2N)c1. The van der Waals surface area contributed by atoms with Crippen LogP contribution in [0.5, 0.6) is 11.5 Å². The van der Waals surface area contributed by atoms with Gasteiger partial charge in [-0.15, -0.1) is 10.2 Å². The predicted molar refractivity (Wildman–Crippen MR) is 111 cm³/mol. The first-order chi connectivity index (χ1) is 14.5. The average molecular weight is 431 g/mol. The van der Waals surface area contributed by atoms with Crippen LogP contribution in [0.4, 0.5) is 4.39 Å². The summed E-state index contributed by atoms with van der Waals surface area (Å²) in [7, 11) is 0. The fourth-order valence-corrected chi connectivity index (χ4v) is 3.13. The van der Waals surface area contributed by atoms with Crippen LogP contribution in [0.25, 0.3) is 0 Å². The number of nitrogens with one attached hydrogen (secondary N) is 1. The molecule has 0 aliphatic carbocycles. The van der Waals surface area contributed by atoms with Crippen LogP contribution in [0.2, 0.25) is 0 Å². The minimum Gasteiger partial charge on any atom is -0.492 e. The number of hydrogen-bond acceptors (Lipinski definition) is 7. The van der Waals surface area contributed by atoms with Gasteiger partial charge in [-0.25, -0.2) is 9.07 Å². The summed E-state index contributed by atoms with van der Waals surface area (Å²) in [6, 6.07) is 13.3. The highest BCUT2D eigenvalue weighted by Crippen LogP contribution is 2.16.